The fourth-order valence-electron chi connectivity index (χ4n) is 3.05. The maximum atomic E-state index is 12.8. The summed E-state index contributed by atoms with van der Waals surface area (Å²) in [5, 5.41) is 5.41. The summed E-state index contributed by atoms with van der Waals surface area (Å²) in [5.41, 5.74) is 6.54. The zero-order valence-electron chi connectivity index (χ0n) is 14.5. The minimum atomic E-state index is -1.16. The van der Waals surface area contributed by atoms with Crippen LogP contribution in [0.4, 0.5) is 4.79 Å². The van der Waals surface area contributed by atoms with Gasteiger partial charge in [0.05, 0.1) is 0 Å². The number of nitrogens with one attached hydrogen (secondary N) is 2. The van der Waals surface area contributed by atoms with E-state index in [1.54, 1.807) is 6.92 Å². The number of imide groups is 1. The van der Waals surface area contributed by atoms with Crippen molar-refractivity contribution < 1.29 is 14.4 Å². The van der Waals surface area contributed by atoms with Crippen LogP contribution in [-0.2, 0) is 15.1 Å². The lowest BCUT2D eigenvalue weighted by molar-refractivity contribution is -0.134. The quantitative estimate of drug-likeness (QED) is 0.658. The number of carbonyl (C=O) groups is 3. The minimum absolute atomic E-state index is 0.0649. The van der Waals surface area contributed by atoms with Crippen molar-refractivity contribution >= 4 is 17.8 Å². The molecular formula is C18H24N4O3. The number of urea groups is 1. The molecular weight excluding hydrogens is 320 g/mol. The second-order valence-electron chi connectivity index (χ2n) is 7.12. The topological polar surface area (TPSA) is 105 Å². The van der Waals surface area contributed by atoms with Crippen molar-refractivity contribution in [3.8, 4) is 0 Å². The zero-order valence-corrected chi connectivity index (χ0v) is 14.5. The number of aryl methyl sites for hydroxylation is 1. The molecule has 0 bridgehead atoms. The maximum absolute atomic E-state index is 12.8. The van der Waals surface area contributed by atoms with Crippen molar-refractivity contribution in [2.45, 2.75) is 38.3 Å². The molecule has 1 aromatic carbocycles. The van der Waals surface area contributed by atoms with Gasteiger partial charge in [-0.1, -0.05) is 29.8 Å². The molecule has 4 amide bonds. The molecule has 1 heterocycles. The second-order valence-corrected chi connectivity index (χ2v) is 7.12. The lowest BCUT2D eigenvalue weighted by atomic mass is 9.91. The van der Waals surface area contributed by atoms with Crippen molar-refractivity contribution in [3.63, 3.8) is 0 Å². The Morgan fingerprint density at radius 3 is 2.60 bits per heavy atom. The van der Waals surface area contributed by atoms with Crippen molar-refractivity contribution in [3.05, 3.63) is 35.4 Å². The van der Waals surface area contributed by atoms with Gasteiger partial charge in [-0.15, -0.1) is 0 Å². The number of hydrogen-bond acceptors (Lipinski definition) is 4. The fraction of sp³-hybridized carbons (Fsp3) is 0.500. The maximum Gasteiger partial charge on any atom is 0.325 e. The second kappa shape index (κ2) is 6.48. The van der Waals surface area contributed by atoms with Crippen LogP contribution in [-0.4, -0.2) is 41.9 Å². The average molecular weight is 344 g/mol. The lowest BCUT2D eigenvalue weighted by Crippen LogP contribution is -2.45. The molecule has 0 aromatic heterocycles. The SMILES string of the molecule is Cc1ccc(C2(C)NC(=O)N(CC(=O)NCC(N)C3CC3)C2=O)cc1. The molecule has 7 heteroatoms. The Hall–Kier alpha value is -2.41. The van der Waals surface area contributed by atoms with E-state index in [0.717, 1.165) is 23.3 Å². The Bertz CT molecular complexity index is 699. The molecule has 2 unspecified atom stereocenters. The van der Waals surface area contributed by atoms with Crippen molar-refractivity contribution in [1.82, 2.24) is 15.5 Å². The number of rotatable bonds is 6. The monoisotopic (exact) mass is 344 g/mol. The molecule has 0 radical (unpaired) electrons. The van der Waals surface area contributed by atoms with Crippen LogP contribution in [0.5, 0.6) is 0 Å². The van der Waals surface area contributed by atoms with Crippen LogP contribution in [0, 0.1) is 12.8 Å². The molecule has 2 atom stereocenters. The van der Waals surface area contributed by atoms with Gasteiger partial charge in [0.1, 0.15) is 12.1 Å². The summed E-state index contributed by atoms with van der Waals surface area (Å²) in [4.78, 5) is 38.0. The normalized spacial score (nSPS) is 24.2. The predicted molar refractivity (Wildman–Crippen MR) is 92.5 cm³/mol. The summed E-state index contributed by atoms with van der Waals surface area (Å²) in [6, 6.07) is 6.76. The molecule has 3 rings (SSSR count). The van der Waals surface area contributed by atoms with Gasteiger partial charge in [0.15, 0.2) is 0 Å². The molecule has 7 nitrogen and oxygen atoms in total. The lowest BCUT2D eigenvalue weighted by Gasteiger charge is -2.22. The van der Waals surface area contributed by atoms with Crippen LogP contribution < -0.4 is 16.4 Å². The van der Waals surface area contributed by atoms with Crippen LogP contribution in [0.3, 0.4) is 0 Å². The Labute approximate surface area is 146 Å². The first kappa shape index (κ1) is 17.4. The highest BCUT2D eigenvalue weighted by molar-refractivity contribution is 6.09. The van der Waals surface area contributed by atoms with Crippen LogP contribution in [0.2, 0.25) is 0 Å². The van der Waals surface area contributed by atoms with E-state index in [2.05, 4.69) is 10.6 Å². The molecule has 1 saturated heterocycles. The number of nitrogens with zero attached hydrogens (tertiary/aromatic N) is 1. The van der Waals surface area contributed by atoms with E-state index >= 15 is 0 Å². The Morgan fingerprint density at radius 1 is 1.36 bits per heavy atom. The van der Waals surface area contributed by atoms with E-state index in [1.165, 1.54) is 0 Å². The van der Waals surface area contributed by atoms with Crippen LogP contribution >= 0.6 is 0 Å². The van der Waals surface area contributed by atoms with Crippen LogP contribution in [0.1, 0.15) is 30.9 Å². The number of benzene rings is 1. The van der Waals surface area contributed by atoms with Gasteiger partial charge in [-0.3, -0.25) is 14.5 Å². The van der Waals surface area contributed by atoms with E-state index in [4.69, 9.17) is 5.73 Å². The van der Waals surface area contributed by atoms with Gasteiger partial charge in [-0.2, -0.15) is 0 Å². The molecule has 1 aromatic rings. The first-order chi connectivity index (χ1) is 11.8. The molecule has 2 fully saturated rings. The van der Waals surface area contributed by atoms with Gasteiger partial charge < -0.3 is 16.4 Å². The molecule has 4 N–H and O–H groups in total. The molecule has 1 aliphatic carbocycles. The summed E-state index contributed by atoms with van der Waals surface area (Å²) in [7, 11) is 0. The van der Waals surface area contributed by atoms with E-state index in [9.17, 15) is 14.4 Å². The van der Waals surface area contributed by atoms with Crippen molar-refractivity contribution in [2.24, 2.45) is 11.7 Å². The Balaban J connectivity index is 1.64. The van der Waals surface area contributed by atoms with E-state index in [-0.39, 0.29) is 18.5 Å². The third kappa shape index (κ3) is 3.51. The predicted octanol–water partition coefficient (Wildman–Crippen LogP) is 0.616. The molecule has 134 valence electrons. The highest BCUT2D eigenvalue weighted by Gasteiger charge is 2.49. The summed E-state index contributed by atoms with van der Waals surface area (Å²) in [6.07, 6.45) is 2.19. The van der Waals surface area contributed by atoms with Crippen LogP contribution in [0.25, 0.3) is 0 Å². The van der Waals surface area contributed by atoms with Gasteiger partial charge >= 0.3 is 6.03 Å². The van der Waals surface area contributed by atoms with E-state index < -0.39 is 17.5 Å². The zero-order chi connectivity index (χ0) is 18.2. The van der Waals surface area contributed by atoms with Gasteiger partial charge in [0.25, 0.3) is 5.91 Å². The molecule has 1 saturated carbocycles. The van der Waals surface area contributed by atoms with Gasteiger partial charge in [0.2, 0.25) is 5.91 Å². The number of carbonyl (C=O) groups excluding carboxylic acids is 3. The number of hydrogen-bond donors (Lipinski definition) is 3. The smallest absolute Gasteiger partial charge is 0.325 e. The fourth-order valence-corrected chi connectivity index (χ4v) is 3.05. The summed E-state index contributed by atoms with van der Waals surface area (Å²) < 4.78 is 0. The van der Waals surface area contributed by atoms with Gasteiger partial charge in [-0.25, -0.2) is 4.79 Å². The number of amides is 4. The third-order valence-corrected chi connectivity index (χ3v) is 4.97. The first-order valence-electron chi connectivity index (χ1n) is 8.55. The van der Waals surface area contributed by atoms with E-state index in [0.29, 0.717) is 18.0 Å². The highest BCUT2D eigenvalue weighted by Crippen LogP contribution is 2.31. The third-order valence-electron chi connectivity index (χ3n) is 4.97. The molecule has 25 heavy (non-hydrogen) atoms. The number of nitrogens with two attached hydrogens (primary N) is 1. The standard InChI is InChI=1S/C18H24N4O3/c1-11-3-7-13(8-4-11)18(2)16(24)22(17(25)21-18)10-15(23)20-9-14(19)12-5-6-12/h3-4,7-8,12,14H,5-6,9-10,19H2,1-2H3,(H,20,23)(H,21,25). The largest absolute Gasteiger partial charge is 0.353 e. The summed E-state index contributed by atoms with van der Waals surface area (Å²) in [5.74, 6) is -0.336. The van der Waals surface area contributed by atoms with Crippen LogP contribution in [0.15, 0.2) is 24.3 Å². The Kier molecular flexibility index (Phi) is 4.51. The summed E-state index contributed by atoms with van der Waals surface area (Å²) >= 11 is 0. The van der Waals surface area contributed by atoms with E-state index in [1.807, 2.05) is 31.2 Å². The minimum Gasteiger partial charge on any atom is -0.353 e. The Morgan fingerprint density at radius 2 is 2.00 bits per heavy atom. The van der Waals surface area contributed by atoms with Crippen molar-refractivity contribution in [2.75, 3.05) is 13.1 Å². The summed E-state index contributed by atoms with van der Waals surface area (Å²) in [6.45, 7) is 3.66. The average Bonchev–Trinajstić information content (AvgIpc) is 3.39. The van der Waals surface area contributed by atoms with Gasteiger partial charge in [0, 0.05) is 12.6 Å². The highest BCUT2D eigenvalue weighted by atomic mass is 16.2. The molecule has 0 spiro atoms. The van der Waals surface area contributed by atoms with Gasteiger partial charge in [-0.05, 0) is 38.2 Å². The first-order valence-corrected chi connectivity index (χ1v) is 8.55. The molecule has 2 aliphatic rings. The van der Waals surface area contributed by atoms with Crippen molar-refractivity contribution in [1.29, 1.82) is 0 Å². The molecule has 1 aliphatic heterocycles.